The number of nitrogens with zero attached hydrogens (tertiary/aromatic N) is 4. The van der Waals surface area contributed by atoms with Gasteiger partial charge in [-0.15, -0.1) is 0 Å². The Kier molecular flexibility index (Phi) is 5.30. The highest BCUT2D eigenvalue weighted by Crippen LogP contribution is 2.16. The van der Waals surface area contributed by atoms with Crippen LogP contribution < -0.4 is 10.2 Å². The molecule has 0 aromatic carbocycles. The van der Waals surface area contributed by atoms with Crippen molar-refractivity contribution < 1.29 is 14.3 Å². The van der Waals surface area contributed by atoms with Gasteiger partial charge in [0.05, 0.1) is 30.6 Å². The van der Waals surface area contributed by atoms with Crippen molar-refractivity contribution in [2.45, 2.75) is 25.6 Å². The second kappa shape index (κ2) is 7.62. The Bertz CT molecular complexity index is 731. The number of amides is 1. The van der Waals surface area contributed by atoms with Crippen molar-refractivity contribution >= 4 is 11.6 Å². The van der Waals surface area contributed by atoms with Crippen molar-refractivity contribution in [1.82, 2.24) is 20.2 Å². The number of hydrogen-bond acceptors (Lipinski definition) is 7. The molecule has 1 aliphatic heterocycles. The molecule has 1 amide bonds. The number of carbonyl (C=O) groups excluding carboxylic acids is 1. The fraction of sp³-hybridized carbons (Fsp3) is 0.471. The largest absolute Gasteiger partial charge is 0.447 e. The summed E-state index contributed by atoms with van der Waals surface area (Å²) in [6.45, 7) is 2.22. The normalized spacial score (nSPS) is 17.6. The SMILES string of the molecule is CN(C)c1cccnc1CNC(=O)c1coc(CN2CC[C@H](O)C2)n1. The molecule has 1 atom stereocenters. The standard InChI is InChI=1S/C17H23N5O3/c1-21(2)15-4-3-6-18-13(15)8-19-17(24)14-11-25-16(20-14)10-22-7-5-12(23)9-22/h3-4,6,11-12,23H,5,7-10H2,1-2H3,(H,19,24)/t12-/m0/s1. The first-order chi connectivity index (χ1) is 12.0. The maximum Gasteiger partial charge on any atom is 0.273 e. The van der Waals surface area contributed by atoms with Gasteiger partial charge in [-0.2, -0.15) is 0 Å². The summed E-state index contributed by atoms with van der Waals surface area (Å²) >= 11 is 0. The molecule has 8 nitrogen and oxygen atoms in total. The lowest BCUT2D eigenvalue weighted by molar-refractivity contribution is 0.0945. The van der Waals surface area contributed by atoms with Crippen LogP contribution in [0, 0.1) is 0 Å². The minimum atomic E-state index is -0.299. The number of carbonyl (C=O) groups is 1. The highest BCUT2D eigenvalue weighted by molar-refractivity contribution is 5.91. The van der Waals surface area contributed by atoms with Crippen LogP contribution in [0.25, 0.3) is 0 Å². The summed E-state index contributed by atoms with van der Waals surface area (Å²) in [5.41, 5.74) is 1.99. The fourth-order valence-electron chi connectivity index (χ4n) is 2.86. The smallest absolute Gasteiger partial charge is 0.273 e. The van der Waals surface area contributed by atoms with Gasteiger partial charge in [0.15, 0.2) is 5.69 Å². The second-order valence-electron chi connectivity index (χ2n) is 6.35. The maximum absolute atomic E-state index is 12.3. The van der Waals surface area contributed by atoms with Crippen LogP contribution in [0.3, 0.4) is 0 Å². The molecule has 3 rings (SSSR count). The molecule has 0 aliphatic carbocycles. The summed E-state index contributed by atoms with van der Waals surface area (Å²) < 4.78 is 5.38. The van der Waals surface area contributed by atoms with Crippen molar-refractivity contribution in [3.63, 3.8) is 0 Å². The summed E-state index contributed by atoms with van der Waals surface area (Å²) in [7, 11) is 3.86. The number of oxazole rings is 1. The Morgan fingerprint density at radius 2 is 2.36 bits per heavy atom. The van der Waals surface area contributed by atoms with E-state index >= 15 is 0 Å². The van der Waals surface area contributed by atoms with Gasteiger partial charge in [0, 0.05) is 33.4 Å². The van der Waals surface area contributed by atoms with Gasteiger partial charge in [0.1, 0.15) is 6.26 Å². The third-order valence-electron chi connectivity index (χ3n) is 4.16. The maximum atomic E-state index is 12.3. The van der Waals surface area contributed by atoms with Gasteiger partial charge in [-0.3, -0.25) is 14.7 Å². The van der Waals surface area contributed by atoms with Crippen LogP contribution in [0.1, 0.15) is 28.5 Å². The van der Waals surface area contributed by atoms with Crippen molar-refractivity contribution in [2.24, 2.45) is 0 Å². The molecule has 3 heterocycles. The van der Waals surface area contributed by atoms with Gasteiger partial charge in [-0.1, -0.05) is 0 Å². The van der Waals surface area contributed by atoms with E-state index in [1.54, 1.807) is 6.20 Å². The summed E-state index contributed by atoms with van der Waals surface area (Å²) in [5.74, 6) is 0.179. The number of hydrogen-bond donors (Lipinski definition) is 2. The molecule has 0 radical (unpaired) electrons. The highest BCUT2D eigenvalue weighted by Gasteiger charge is 2.22. The van der Waals surface area contributed by atoms with E-state index in [1.165, 1.54) is 6.26 Å². The molecule has 1 fully saturated rings. The third-order valence-corrected chi connectivity index (χ3v) is 4.16. The van der Waals surface area contributed by atoms with Crippen LogP contribution in [0.4, 0.5) is 5.69 Å². The molecule has 0 bridgehead atoms. The van der Waals surface area contributed by atoms with Crippen LogP contribution >= 0.6 is 0 Å². The number of β-amino-alcohol motifs (C(OH)–C–C–N with tert-alkyl or cyclic N) is 1. The molecule has 134 valence electrons. The second-order valence-corrected chi connectivity index (χ2v) is 6.35. The summed E-state index contributed by atoms with van der Waals surface area (Å²) in [5, 5.41) is 12.4. The van der Waals surface area contributed by atoms with E-state index in [9.17, 15) is 9.90 Å². The van der Waals surface area contributed by atoms with E-state index < -0.39 is 0 Å². The van der Waals surface area contributed by atoms with Crippen molar-refractivity contribution in [3.8, 4) is 0 Å². The monoisotopic (exact) mass is 345 g/mol. The number of aliphatic hydroxyl groups is 1. The highest BCUT2D eigenvalue weighted by atomic mass is 16.3. The molecule has 2 aromatic heterocycles. The van der Waals surface area contributed by atoms with E-state index in [4.69, 9.17) is 4.42 Å². The predicted octanol–water partition coefficient (Wildman–Crippen LogP) is 0.632. The molecule has 0 unspecified atom stereocenters. The zero-order valence-electron chi connectivity index (χ0n) is 14.5. The number of aliphatic hydroxyl groups excluding tert-OH is 1. The van der Waals surface area contributed by atoms with Gasteiger partial charge >= 0.3 is 0 Å². The van der Waals surface area contributed by atoms with E-state index in [0.717, 1.165) is 24.3 Å². The quantitative estimate of drug-likeness (QED) is 0.793. The van der Waals surface area contributed by atoms with Crippen molar-refractivity contribution in [2.75, 3.05) is 32.1 Å². The van der Waals surface area contributed by atoms with Crippen molar-refractivity contribution in [1.29, 1.82) is 0 Å². The topological polar surface area (TPSA) is 94.7 Å². The Balaban J connectivity index is 1.57. The van der Waals surface area contributed by atoms with Crippen LogP contribution in [-0.2, 0) is 13.1 Å². The number of pyridine rings is 1. The molecule has 0 saturated carbocycles. The van der Waals surface area contributed by atoms with E-state index in [0.29, 0.717) is 25.5 Å². The first-order valence-electron chi connectivity index (χ1n) is 8.27. The van der Waals surface area contributed by atoms with Gasteiger partial charge < -0.3 is 19.7 Å². The minimum Gasteiger partial charge on any atom is -0.447 e. The van der Waals surface area contributed by atoms with E-state index in [-0.39, 0.29) is 17.7 Å². The number of aromatic nitrogens is 2. The van der Waals surface area contributed by atoms with E-state index in [2.05, 4.69) is 20.2 Å². The van der Waals surface area contributed by atoms with Crippen LogP contribution in [0.5, 0.6) is 0 Å². The number of nitrogens with one attached hydrogen (secondary N) is 1. The zero-order chi connectivity index (χ0) is 17.8. The predicted molar refractivity (Wildman–Crippen MR) is 92.1 cm³/mol. The lowest BCUT2D eigenvalue weighted by atomic mass is 10.2. The average molecular weight is 345 g/mol. The van der Waals surface area contributed by atoms with Gasteiger partial charge in [0.25, 0.3) is 5.91 Å². The summed E-state index contributed by atoms with van der Waals surface area (Å²) in [6, 6.07) is 3.81. The first kappa shape index (κ1) is 17.4. The van der Waals surface area contributed by atoms with Gasteiger partial charge in [0.2, 0.25) is 5.89 Å². The van der Waals surface area contributed by atoms with Gasteiger partial charge in [-0.25, -0.2) is 4.98 Å². The lowest BCUT2D eigenvalue weighted by Crippen LogP contribution is -2.25. The Morgan fingerprint density at radius 1 is 1.52 bits per heavy atom. The van der Waals surface area contributed by atoms with Crippen LogP contribution in [-0.4, -0.2) is 59.2 Å². The fourth-order valence-corrected chi connectivity index (χ4v) is 2.86. The van der Waals surface area contributed by atoms with Crippen LogP contribution in [0.2, 0.25) is 0 Å². The summed E-state index contributed by atoms with van der Waals surface area (Å²) in [4.78, 5) is 24.8. The molecule has 25 heavy (non-hydrogen) atoms. The van der Waals surface area contributed by atoms with E-state index in [1.807, 2.05) is 31.1 Å². The molecule has 1 aliphatic rings. The van der Waals surface area contributed by atoms with Gasteiger partial charge in [-0.05, 0) is 18.6 Å². The minimum absolute atomic E-state index is 0.247. The zero-order valence-corrected chi connectivity index (χ0v) is 14.5. The Hall–Kier alpha value is -2.45. The number of rotatable bonds is 6. The first-order valence-corrected chi connectivity index (χ1v) is 8.27. The lowest BCUT2D eigenvalue weighted by Gasteiger charge is -2.16. The van der Waals surface area contributed by atoms with Crippen molar-refractivity contribution in [3.05, 3.63) is 41.9 Å². The molecular formula is C17H23N5O3. The Morgan fingerprint density at radius 3 is 3.08 bits per heavy atom. The third kappa shape index (κ3) is 4.34. The molecule has 0 spiro atoms. The summed E-state index contributed by atoms with van der Waals surface area (Å²) in [6.07, 6.45) is 3.53. The average Bonchev–Trinajstić information content (AvgIpc) is 3.22. The molecule has 1 saturated heterocycles. The number of likely N-dealkylation sites (tertiary alicyclic amines) is 1. The number of anilines is 1. The Labute approximate surface area is 146 Å². The molecule has 8 heteroatoms. The molecule has 2 N–H and O–H groups in total. The molecule has 2 aromatic rings. The van der Waals surface area contributed by atoms with Crippen LogP contribution in [0.15, 0.2) is 29.0 Å². The molecular weight excluding hydrogens is 322 g/mol.